The van der Waals surface area contributed by atoms with Gasteiger partial charge in [-0.05, 0) is 60.4 Å². The Kier molecular flexibility index (Phi) is 4.68. The van der Waals surface area contributed by atoms with Crippen molar-refractivity contribution in [2.45, 2.75) is 18.8 Å². The van der Waals surface area contributed by atoms with Gasteiger partial charge in [0.15, 0.2) is 5.82 Å². The van der Waals surface area contributed by atoms with E-state index in [-0.39, 0.29) is 0 Å². The summed E-state index contributed by atoms with van der Waals surface area (Å²) >= 11 is 0. The number of para-hydroxylation sites is 1. The number of aromatic nitrogens is 4. The largest absolute Gasteiger partial charge is 0.355 e. The zero-order chi connectivity index (χ0) is 22.5. The van der Waals surface area contributed by atoms with E-state index >= 15 is 0 Å². The second-order valence-corrected chi connectivity index (χ2v) is 9.77. The maximum atomic E-state index is 5.21. The van der Waals surface area contributed by atoms with Gasteiger partial charge in [-0.3, -0.25) is 4.98 Å². The zero-order valence-corrected chi connectivity index (χ0v) is 19.0. The fourth-order valence-electron chi connectivity index (χ4n) is 5.49. The first-order valence-electron chi connectivity index (χ1n) is 12.2. The summed E-state index contributed by atoms with van der Waals surface area (Å²) in [6.07, 6.45) is 8.22. The van der Waals surface area contributed by atoms with E-state index < -0.39 is 0 Å². The fraction of sp³-hybridized carbons (Fsp3) is 0.333. The van der Waals surface area contributed by atoms with E-state index in [0.29, 0.717) is 17.8 Å². The summed E-state index contributed by atoms with van der Waals surface area (Å²) < 4.78 is 0. The predicted molar refractivity (Wildman–Crippen MR) is 134 cm³/mol. The molecule has 0 bridgehead atoms. The number of fused-ring (bicyclic) bond motifs is 2. The third-order valence-corrected chi connectivity index (χ3v) is 7.39. The lowest BCUT2D eigenvalue weighted by molar-refractivity contribution is 0.533. The van der Waals surface area contributed by atoms with E-state index in [1.54, 1.807) is 0 Å². The topological polar surface area (TPSA) is 78.9 Å². The van der Waals surface area contributed by atoms with Crippen LogP contribution < -0.4 is 15.5 Å². The van der Waals surface area contributed by atoms with Gasteiger partial charge in [0.25, 0.3) is 0 Å². The summed E-state index contributed by atoms with van der Waals surface area (Å²) in [5.74, 6) is 4.57. The Labute approximate surface area is 198 Å². The van der Waals surface area contributed by atoms with Crippen LogP contribution in [0.4, 0.5) is 17.3 Å². The lowest BCUT2D eigenvalue weighted by atomic mass is 10.0. The molecule has 170 valence electrons. The molecular weight excluding hydrogens is 422 g/mol. The van der Waals surface area contributed by atoms with Crippen LogP contribution in [0.3, 0.4) is 0 Å². The smallest absolute Gasteiger partial charge is 0.162 e. The van der Waals surface area contributed by atoms with Gasteiger partial charge in [-0.25, -0.2) is 15.0 Å². The van der Waals surface area contributed by atoms with Crippen molar-refractivity contribution in [2.75, 3.05) is 36.4 Å². The van der Waals surface area contributed by atoms with Gasteiger partial charge < -0.3 is 15.5 Å². The van der Waals surface area contributed by atoms with E-state index in [4.69, 9.17) is 9.97 Å². The highest BCUT2D eigenvalue weighted by Gasteiger charge is 2.38. The first-order chi connectivity index (χ1) is 16.8. The Morgan fingerprint density at radius 2 is 1.76 bits per heavy atom. The van der Waals surface area contributed by atoms with Crippen molar-refractivity contribution < 1.29 is 0 Å². The van der Waals surface area contributed by atoms with E-state index in [1.165, 1.54) is 23.8 Å². The molecule has 0 spiro atoms. The summed E-state index contributed by atoms with van der Waals surface area (Å²) in [6, 6.07) is 14.1. The van der Waals surface area contributed by atoms with E-state index in [9.17, 15) is 0 Å². The molecule has 2 aliphatic heterocycles. The second kappa shape index (κ2) is 8.02. The molecule has 34 heavy (non-hydrogen) atoms. The molecule has 1 aliphatic carbocycles. The molecule has 0 amide bonds. The Hall–Kier alpha value is -3.58. The average Bonchev–Trinajstić information content (AvgIpc) is 3.50. The van der Waals surface area contributed by atoms with E-state index in [1.807, 2.05) is 61.1 Å². The predicted octanol–water partition coefficient (Wildman–Crippen LogP) is 4.36. The second-order valence-electron chi connectivity index (χ2n) is 9.77. The zero-order valence-electron chi connectivity index (χ0n) is 19.0. The average molecular weight is 450 g/mol. The number of benzene rings is 1. The summed E-state index contributed by atoms with van der Waals surface area (Å²) in [5.41, 5.74) is 4.21. The van der Waals surface area contributed by atoms with Crippen molar-refractivity contribution >= 4 is 28.2 Å². The molecule has 7 nitrogen and oxygen atoms in total. The molecule has 1 aromatic carbocycles. The molecular formula is C27H27N7. The Bertz CT molecular complexity index is 1340. The third kappa shape index (κ3) is 3.56. The molecule has 2 atom stereocenters. The standard InChI is InChI=1S/C27H27N7/c1-2-4-21(5-3-1)31-24-10-18(8-9-30-24)26-32-23-14-29-13-22(17-6-7-17)25(23)27(33-26)34-15-19-11-28-12-20(19)16-34/h1-5,8-10,13-14,17,19-20,28H,6-7,11-12,15-16H2,(H,30,31). The molecule has 1 saturated carbocycles. The maximum absolute atomic E-state index is 5.21. The SMILES string of the molecule is c1ccc(Nc2cc(-c3nc(N4CC5CNCC5C4)c4c(C5CC5)cncc4n3)ccn2)cc1. The molecule has 3 aromatic heterocycles. The highest BCUT2D eigenvalue weighted by atomic mass is 15.2. The van der Waals surface area contributed by atoms with Gasteiger partial charge in [-0.15, -0.1) is 0 Å². The minimum absolute atomic E-state index is 0.593. The molecule has 7 heteroatoms. The van der Waals surface area contributed by atoms with Gasteiger partial charge in [0.1, 0.15) is 11.6 Å². The van der Waals surface area contributed by atoms with Crippen molar-refractivity contribution in [2.24, 2.45) is 11.8 Å². The van der Waals surface area contributed by atoms with Crippen molar-refractivity contribution in [3.05, 3.63) is 66.6 Å². The molecule has 0 radical (unpaired) electrons. The maximum Gasteiger partial charge on any atom is 0.162 e. The molecule has 4 aromatic rings. The monoisotopic (exact) mass is 449 g/mol. The van der Waals surface area contributed by atoms with Crippen LogP contribution in [0, 0.1) is 11.8 Å². The lowest BCUT2D eigenvalue weighted by Gasteiger charge is -2.22. The normalized spacial score (nSPS) is 21.7. The van der Waals surface area contributed by atoms with Gasteiger partial charge in [-0.1, -0.05) is 18.2 Å². The van der Waals surface area contributed by atoms with Crippen LogP contribution in [0.2, 0.25) is 0 Å². The number of hydrogen-bond acceptors (Lipinski definition) is 7. The summed E-state index contributed by atoms with van der Waals surface area (Å²) in [4.78, 5) is 21.8. The third-order valence-electron chi connectivity index (χ3n) is 7.39. The Balaban J connectivity index is 1.32. The van der Waals surface area contributed by atoms with Crippen LogP contribution in [-0.2, 0) is 0 Å². The van der Waals surface area contributed by atoms with E-state index in [2.05, 4.69) is 25.5 Å². The highest BCUT2D eigenvalue weighted by molar-refractivity contribution is 5.94. The number of anilines is 3. The minimum Gasteiger partial charge on any atom is -0.355 e. The fourth-order valence-corrected chi connectivity index (χ4v) is 5.49. The van der Waals surface area contributed by atoms with Crippen molar-refractivity contribution in [3.8, 4) is 11.4 Å². The van der Waals surface area contributed by atoms with Gasteiger partial charge in [0.2, 0.25) is 0 Å². The summed E-state index contributed by atoms with van der Waals surface area (Å²) in [5, 5.41) is 8.14. The van der Waals surface area contributed by atoms with Crippen LogP contribution in [0.1, 0.15) is 24.3 Å². The van der Waals surface area contributed by atoms with E-state index in [0.717, 1.165) is 60.4 Å². The van der Waals surface area contributed by atoms with Gasteiger partial charge in [-0.2, -0.15) is 0 Å². The molecule has 7 rings (SSSR count). The number of pyridine rings is 2. The first-order valence-corrected chi connectivity index (χ1v) is 12.2. The van der Waals surface area contributed by atoms with Crippen LogP contribution in [0.15, 0.2) is 61.1 Å². The summed E-state index contributed by atoms with van der Waals surface area (Å²) in [6.45, 7) is 4.31. The van der Waals surface area contributed by atoms with Crippen molar-refractivity contribution in [1.82, 2.24) is 25.3 Å². The van der Waals surface area contributed by atoms with Gasteiger partial charge in [0.05, 0.1) is 11.7 Å². The number of nitrogens with zero attached hydrogens (tertiary/aromatic N) is 5. The highest BCUT2D eigenvalue weighted by Crippen LogP contribution is 2.45. The molecule has 2 N–H and O–H groups in total. The van der Waals surface area contributed by atoms with Crippen LogP contribution >= 0.6 is 0 Å². The number of hydrogen-bond donors (Lipinski definition) is 2. The minimum atomic E-state index is 0.593. The van der Waals surface area contributed by atoms with Crippen LogP contribution in [-0.4, -0.2) is 46.1 Å². The molecule has 2 unspecified atom stereocenters. The summed E-state index contributed by atoms with van der Waals surface area (Å²) in [7, 11) is 0. The first kappa shape index (κ1) is 19.9. The molecule has 2 saturated heterocycles. The molecule has 5 heterocycles. The number of nitrogens with one attached hydrogen (secondary N) is 2. The van der Waals surface area contributed by atoms with Crippen LogP contribution in [0.5, 0.6) is 0 Å². The number of rotatable bonds is 5. The van der Waals surface area contributed by atoms with Crippen molar-refractivity contribution in [3.63, 3.8) is 0 Å². The molecule has 3 fully saturated rings. The van der Waals surface area contributed by atoms with Gasteiger partial charge >= 0.3 is 0 Å². The lowest BCUT2D eigenvalue weighted by Crippen LogP contribution is -2.27. The Morgan fingerprint density at radius 1 is 0.941 bits per heavy atom. The van der Waals surface area contributed by atoms with Crippen LogP contribution in [0.25, 0.3) is 22.3 Å². The Morgan fingerprint density at radius 3 is 2.56 bits per heavy atom. The quantitative estimate of drug-likeness (QED) is 0.469. The molecule has 3 aliphatic rings. The van der Waals surface area contributed by atoms with Gasteiger partial charge in [0, 0.05) is 55.2 Å². The van der Waals surface area contributed by atoms with Crippen molar-refractivity contribution in [1.29, 1.82) is 0 Å².